The second kappa shape index (κ2) is 8.29. The lowest BCUT2D eigenvalue weighted by molar-refractivity contribution is -0.138. The van der Waals surface area contributed by atoms with E-state index in [0.717, 1.165) is 12.3 Å². The number of rotatable bonds is 4. The summed E-state index contributed by atoms with van der Waals surface area (Å²) in [6.07, 6.45) is -2.27. The summed E-state index contributed by atoms with van der Waals surface area (Å²) in [7, 11) is -3.08. The molecule has 2 saturated heterocycles. The lowest BCUT2D eigenvalue weighted by Crippen LogP contribution is -2.47. The zero-order valence-corrected chi connectivity index (χ0v) is 17.5. The fourth-order valence-electron chi connectivity index (χ4n) is 4.01. The van der Waals surface area contributed by atoms with Crippen LogP contribution in [0.2, 0.25) is 5.02 Å². The van der Waals surface area contributed by atoms with Crippen molar-refractivity contribution >= 4 is 33.2 Å². The van der Waals surface area contributed by atoms with Crippen molar-refractivity contribution in [2.24, 2.45) is 5.92 Å². The molecular weight excluding hydrogens is 431 g/mol. The van der Waals surface area contributed by atoms with Gasteiger partial charge < -0.3 is 9.80 Å². The van der Waals surface area contributed by atoms with Crippen molar-refractivity contribution in [1.29, 1.82) is 0 Å². The molecule has 0 aromatic carbocycles. The highest BCUT2D eigenvalue weighted by molar-refractivity contribution is 7.91. The van der Waals surface area contributed by atoms with Crippen molar-refractivity contribution in [3.05, 3.63) is 22.8 Å². The van der Waals surface area contributed by atoms with Gasteiger partial charge in [0.15, 0.2) is 9.84 Å². The number of carbonyl (C=O) groups is 1. The Bertz CT molecular complexity index is 871. The average molecular weight is 454 g/mol. The van der Waals surface area contributed by atoms with E-state index in [1.54, 1.807) is 9.80 Å². The third-order valence-corrected chi connectivity index (χ3v) is 7.59. The predicted octanol–water partition coefficient (Wildman–Crippen LogP) is 3.01. The Morgan fingerprint density at radius 3 is 2.45 bits per heavy atom. The minimum atomic E-state index is -4.51. The standard InChI is InChI=1S/C18H23ClF3N3O3S/c1-2-25(14-5-8-29(27,28)11-14)17(26)12-3-6-24(7-4-12)16-15(19)9-13(10-23-16)18(20,21)22/h9-10,12,14H,2-8,11H2,1H3. The number of piperidine rings is 1. The van der Waals surface area contributed by atoms with E-state index in [0.29, 0.717) is 38.9 Å². The smallest absolute Gasteiger partial charge is 0.355 e. The van der Waals surface area contributed by atoms with Crippen LogP contribution in [0, 0.1) is 5.92 Å². The number of anilines is 1. The number of pyridine rings is 1. The number of hydrogen-bond donors (Lipinski definition) is 0. The second-order valence-corrected chi connectivity index (χ2v) is 10.1. The number of sulfone groups is 1. The molecule has 1 unspecified atom stereocenters. The lowest BCUT2D eigenvalue weighted by Gasteiger charge is -2.36. The molecule has 29 heavy (non-hydrogen) atoms. The molecule has 1 atom stereocenters. The van der Waals surface area contributed by atoms with Crippen LogP contribution in [0.4, 0.5) is 19.0 Å². The monoisotopic (exact) mass is 453 g/mol. The topological polar surface area (TPSA) is 70.6 Å². The zero-order valence-electron chi connectivity index (χ0n) is 16.0. The van der Waals surface area contributed by atoms with Gasteiger partial charge in [-0.3, -0.25) is 4.79 Å². The molecule has 2 fully saturated rings. The SMILES string of the molecule is CCN(C(=O)C1CCN(c2ncc(C(F)(F)F)cc2Cl)CC1)C1CCS(=O)(=O)C1. The van der Waals surface area contributed by atoms with Gasteiger partial charge in [0.05, 0.1) is 22.1 Å². The molecule has 6 nitrogen and oxygen atoms in total. The quantitative estimate of drug-likeness (QED) is 0.701. The molecule has 0 aliphatic carbocycles. The van der Waals surface area contributed by atoms with Gasteiger partial charge in [-0.1, -0.05) is 11.6 Å². The number of carbonyl (C=O) groups excluding carboxylic acids is 1. The molecule has 1 aromatic rings. The maximum Gasteiger partial charge on any atom is 0.417 e. The first-order chi connectivity index (χ1) is 13.5. The highest BCUT2D eigenvalue weighted by Crippen LogP contribution is 2.35. The van der Waals surface area contributed by atoms with Crippen LogP contribution in [0.3, 0.4) is 0 Å². The summed E-state index contributed by atoms with van der Waals surface area (Å²) in [5, 5.41) is -0.0732. The third-order valence-electron chi connectivity index (χ3n) is 5.57. The zero-order chi connectivity index (χ0) is 21.4. The Kier molecular flexibility index (Phi) is 6.33. The van der Waals surface area contributed by atoms with E-state index in [-0.39, 0.29) is 40.2 Å². The number of amides is 1. The Balaban J connectivity index is 1.63. The first-order valence-electron chi connectivity index (χ1n) is 9.50. The van der Waals surface area contributed by atoms with Gasteiger partial charge in [-0.15, -0.1) is 0 Å². The van der Waals surface area contributed by atoms with Gasteiger partial charge in [-0.2, -0.15) is 13.2 Å². The number of nitrogens with zero attached hydrogens (tertiary/aromatic N) is 3. The average Bonchev–Trinajstić information content (AvgIpc) is 3.01. The number of hydrogen-bond acceptors (Lipinski definition) is 5. The fourth-order valence-corrected chi connectivity index (χ4v) is 6.02. The van der Waals surface area contributed by atoms with Gasteiger partial charge >= 0.3 is 6.18 Å². The molecule has 2 aliphatic heterocycles. The third kappa shape index (κ3) is 4.96. The van der Waals surface area contributed by atoms with E-state index in [1.165, 1.54) is 0 Å². The predicted molar refractivity (Wildman–Crippen MR) is 104 cm³/mol. The van der Waals surface area contributed by atoms with E-state index in [2.05, 4.69) is 4.98 Å². The van der Waals surface area contributed by atoms with Crippen LogP contribution in [-0.4, -0.2) is 61.4 Å². The van der Waals surface area contributed by atoms with E-state index < -0.39 is 21.6 Å². The van der Waals surface area contributed by atoms with Crippen molar-refractivity contribution in [1.82, 2.24) is 9.88 Å². The summed E-state index contributed by atoms with van der Waals surface area (Å²) in [5.74, 6) is 0.0948. The van der Waals surface area contributed by atoms with Gasteiger partial charge in [0.1, 0.15) is 5.82 Å². The molecule has 1 aromatic heterocycles. The maximum absolute atomic E-state index is 12.9. The summed E-state index contributed by atoms with van der Waals surface area (Å²) in [4.78, 5) is 20.3. The minimum absolute atomic E-state index is 0.0104. The molecule has 0 bridgehead atoms. The van der Waals surface area contributed by atoms with Gasteiger partial charge in [-0.25, -0.2) is 13.4 Å². The van der Waals surface area contributed by atoms with Crippen LogP contribution < -0.4 is 4.90 Å². The first-order valence-corrected chi connectivity index (χ1v) is 11.7. The fraction of sp³-hybridized carbons (Fsp3) is 0.667. The van der Waals surface area contributed by atoms with Crippen molar-refractivity contribution in [3.8, 4) is 0 Å². The summed E-state index contributed by atoms with van der Waals surface area (Å²) >= 11 is 6.02. The molecular formula is C18H23ClF3N3O3S. The molecule has 11 heteroatoms. The van der Waals surface area contributed by atoms with Crippen molar-refractivity contribution in [2.75, 3.05) is 36.0 Å². The first kappa shape index (κ1) is 22.1. The van der Waals surface area contributed by atoms with E-state index in [4.69, 9.17) is 11.6 Å². The highest BCUT2D eigenvalue weighted by atomic mass is 35.5. The summed E-state index contributed by atoms with van der Waals surface area (Å²) < 4.78 is 61.8. The number of aromatic nitrogens is 1. The largest absolute Gasteiger partial charge is 0.417 e. The van der Waals surface area contributed by atoms with Gasteiger partial charge in [0, 0.05) is 37.8 Å². The highest BCUT2D eigenvalue weighted by Gasteiger charge is 2.37. The molecule has 0 radical (unpaired) electrons. The number of halogens is 4. The number of alkyl halides is 3. The summed E-state index contributed by atoms with van der Waals surface area (Å²) in [5.41, 5.74) is -0.901. The normalized spacial score (nSPS) is 22.7. The van der Waals surface area contributed by atoms with Gasteiger partial charge in [0.25, 0.3) is 0 Å². The summed E-state index contributed by atoms with van der Waals surface area (Å²) in [6, 6.07) is 0.585. The molecule has 0 saturated carbocycles. The molecule has 3 heterocycles. The van der Waals surface area contributed by atoms with Gasteiger partial charge in [0.2, 0.25) is 5.91 Å². The Morgan fingerprint density at radius 1 is 1.31 bits per heavy atom. The van der Waals surface area contributed by atoms with Crippen LogP contribution in [-0.2, 0) is 20.8 Å². The molecule has 162 valence electrons. The second-order valence-electron chi connectivity index (χ2n) is 7.47. The maximum atomic E-state index is 12.9. The molecule has 1 amide bonds. The van der Waals surface area contributed by atoms with Gasteiger partial charge in [-0.05, 0) is 32.3 Å². The van der Waals surface area contributed by atoms with Crippen LogP contribution >= 0.6 is 11.6 Å². The van der Waals surface area contributed by atoms with Crippen LogP contribution in [0.25, 0.3) is 0 Å². The molecule has 2 aliphatic rings. The van der Waals surface area contributed by atoms with Crippen molar-refractivity contribution in [3.63, 3.8) is 0 Å². The van der Waals surface area contributed by atoms with E-state index in [9.17, 15) is 26.4 Å². The van der Waals surface area contributed by atoms with E-state index in [1.807, 2.05) is 6.92 Å². The molecule has 0 spiro atoms. The summed E-state index contributed by atoms with van der Waals surface area (Å²) in [6.45, 7) is 3.17. The lowest BCUT2D eigenvalue weighted by atomic mass is 9.94. The van der Waals surface area contributed by atoms with Crippen LogP contribution in [0.15, 0.2) is 12.3 Å². The van der Waals surface area contributed by atoms with Crippen LogP contribution in [0.1, 0.15) is 31.7 Å². The molecule has 3 rings (SSSR count). The molecule has 0 N–H and O–H groups in total. The van der Waals surface area contributed by atoms with Crippen molar-refractivity contribution < 1.29 is 26.4 Å². The Labute approximate surface area is 172 Å². The Hall–Kier alpha value is -1.55. The van der Waals surface area contributed by atoms with Crippen molar-refractivity contribution in [2.45, 2.75) is 38.4 Å². The van der Waals surface area contributed by atoms with E-state index >= 15 is 0 Å². The minimum Gasteiger partial charge on any atom is -0.355 e. The van der Waals surface area contributed by atoms with Crippen LogP contribution in [0.5, 0.6) is 0 Å². The Morgan fingerprint density at radius 2 is 1.97 bits per heavy atom.